The summed E-state index contributed by atoms with van der Waals surface area (Å²) in [6.07, 6.45) is 6.11. The van der Waals surface area contributed by atoms with Crippen LogP contribution in [0.5, 0.6) is 0 Å². The van der Waals surface area contributed by atoms with Gasteiger partial charge in [-0.2, -0.15) is 0 Å². The molecule has 1 rings (SSSR count). The molecule has 0 aliphatic rings. The molecule has 5 heteroatoms. The molecule has 0 radical (unpaired) electrons. The molecule has 1 amide bonds. The summed E-state index contributed by atoms with van der Waals surface area (Å²) < 4.78 is 2.56. The lowest BCUT2D eigenvalue weighted by Crippen LogP contribution is -2.15. The van der Waals surface area contributed by atoms with Gasteiger partial charge in [0.25, 0.3) is 5.91 Å². The summed E-state index contributed by atoms with van der Waals surface area (Å²) in [6, 6.07) is 0. The molecule has 0 atom stereocenters. The molecule has 0 spiro atoms. The highest BCUT2D eigenvalue weighted by Gasteiger charge is 2.02. The monoisotopic (exact) mass is 169 g/mol. The summed E-state index contributed by atoms with van der Waals surface area (Å²) in [5, 5.41) is 0. The molecule has 1 aromatic heterocycles. The standard InChI is InChI=1S/C6H7N3OS/c1-11-9-6(10)5-2-7-4-8-3-5/h2-4H,1H3,(H,9,10). The number of carbonyl (C=O) groups excluding carboxylic acids is 1. The topological polar surface area (TPSA) is 54.9 Å². The Morgan fingerprint density at radius 1 is 1.55 bits per heavy atom. The number of hydrogen-bond donors (Lipinski definition) is 1. The minimum atomic E-state index is -0.168. The van der Waals surface area contributed by atoms with E-state index in [1.54, 1.807) is 6.26 Å². The molecule has 4 nitrogen and oxygen atoms in total. The van der Waals surface area contributed by atoms with Gasteiger partial charge in [0.2, 0.25) is 0 Å². The van der Waals surface area contributed by atoms with E-state index in [2.05, 4.69) is 14.7 Å². The second-order valence-electron chi connectivity index (χ2n) is 1.76. The first-order chi connectivity index (χ1) is 5.34. The minimum Gasteiger partial charge on any atom is -0.296 e. The number of rotatable bonds is 2. The Kier molecular flexibility index (Phi) is 2.85. The van der Waals surface area contributed by atoms with Gasteiger partial charge in [0.1, 0.15) is 6.33 Å². The van der Waals surface area contributed by atoms with Crippen molar-refractivity contribution in [2.24, 2.45) is 0 Å². The van der Waals surface area contributed by atoms with E-state index in [-0.39, 0.29) is 5.91 Å². The van der Waals surface area contributed by atoms with E-state index in [0.29, 0.717) is 5.56 Å². The Hall–Kier alpha value is -1.10. The van der Waals surface area contributed by atoms with Crippen LogP contribution in [0, 0.1) is 0 Å². The molecule has 0 aliphatic carbocycles. The average molecular weight is 169 g/mol. The number of aromatic nitrogens is 2. The van der Waals surface area contributed by atoms with E-state index in [9.17, 15) is 4.79 Å². The number of amides is 1. The summed E-state index contributed by atoms with van der Waals surface area (Å²) in [5.41, 5.74) is 0.474. The first-order valence-electron chi connectivity index (χ1n) is 2.93. The van der Waals surface area contributed by atoms with E-state index in [1.165, 1.54) is 30.7 Å². The molecule has 0 bridgehead atoms. The van der Waals surface area contributed by atoms with Crippen molar-refractivity contribution in [2.45, 2.75) is 0 Å². The molecule has 0 fully saturated rings. The van der Waals surface area contributed by atoms with Crippen LogP contribution in [0.3, 0.4) is 0 Å². The van der Waals surface area contributed by atoms with Crippen LogP contribution in [-0.2, 0) is 0 Å². The maximum absolute atomic E-state index is 11.0. The van der Waals surface area contributed by atoms with E-state index < -0.39 is 0 Å². The Morgan fingerprint density at radius 2 is 2.18 bits per heavy atom. The van der Waals surface area contributed by atoms with Crippen molar-refractivity contribution in [2.75, 3.05) is 6.26 Å². The molecular weight excluding hydrogens is 162 g/mol. The zero-order valence-electron chi connectivity index (χ0n) is 5.94. The summed E-state index contributed by atoms with van der Waals surface area (Å²) >= 11 is 1.25. The highest BCUT2D eigenvalue weighted by atomic mass is 32.2. The molecule has 58 valence electrons. The smallest absolute Gasteiger partial charge is 0.264 e. The van der Waals surface area contributed by atoms with E-state index in [0.717, 1.165) is 0 Å². The molecule has 1 N–H and O–H groups in total. The van der Waals surface area contributed by atoms with Crippen LogP contribution in [0.15, 0.2) is 18.7 Å². The van der Waals surface area contributed by atoms with Crippen molar-refractivity contribution in [3.63, 3.8) is 0 Å². The highest BCUT2D eigenvalue weighted by Crippen LogP contribution is 1.94. The maximum Gasteiger partial charge on any atom is 0.264 e. The molecule has 1 aromatic rings. The fourth-order valence-electron chi connectivity index (χ4n) is 0.568. The van der Waals surface area contributed by atoms with Gasteiger partial charge in [-0.1, -0.05) is 11.9 Å². The lowest BCUT2D eigenvalue weighted by molar-refractivity contribution is 0.0984. The first-order valence-corrected chi connectivity index (χ1v) is 4.15. The maximum atomic E-state index is 11.0. The lowest BCUT2D eigenvalue weighted by atomic mass is 10.3. The van der Waals surface area contributed by atoms with Crippen molar-refractivity contribution in [3.8, 4) is 0 Å². The molecule has 11 heavy (non-hydrogen) atoms. The number of hydrogen-bond acceptors (Lipinski definition) is 4. The van der Waals surface area contributed by atoms with Gasteiger partial charge in [0, 0.05) is 18.6 Å². The van der Waals surface area contributed by atoms with Crippen molar-refractivity contribution < 1.29 is 4.79 Å². The Balaban J connectivity index is 2.69. The molecular formula is C6H7N3OS. The van der Waals surface area contributed by atoms with Crippen LogP contribution >= 0.6 is 11.9 Å². The first kappa shape index (κ1) is 8.00. The van der Waals surface area contributed by atoms with E-state index in [4.69, 9.17) is 0 Å². The van der Waals surface area contributed by atoms with Crippen LogP contribution in [0.2, 0.25) is 0 Å². The SMILES string of the molecule is CSNC(=O)c1cncnc1. The van der Waals surface area contributed by atoms with E-state index in [1.807, 2.05) is 0 Å². The molecule has 0 saturated carbocycles. The Labute approximate surface area is 68.6 Å². The van der Waals surface area contributed by atoms with Gasteiger partial charge in [-0.3, -0.25) is 9.52 Å². The van der Waals surface area contributed by atoms with Crippen molar-refractivity contribution in [3.05, 3.63) is 24.3 Å². The number of carbonyl (C=O) groups is 1. The molecule has 0 aromatic carbocycles. The number of nitrogens with one attached hydrogen (secondary N) is 1. The van der Waals surface area contributed by atoms with Crippen LogP contribution in [0.4, 0.5) is 0 Å². The predicted octanol–water partition coefficient (Wildman–Crippen LogP) is 0.484. The lowest BCUT2D eigenvalue weighted by Gasteiger charge is -1.97. The largest absolute Gasteiger partial charge is 0.296 e. The third-order valence-electron chi connectivity index (χ3n) is 1.02. The van der Waals surface area contributed by atoms with Crippen LogP contribution in [-0.4, -0.2) is 22.1 Å². The zero-order valence-corrected chi connectivity index (χ0v) is 6.76. The minimum absolute atomic E-state index is 0.168. The van der Waals surface area contributed by atoms with Gasteiger partial charge in [-0.15, -0.1) is 0 Å². The van der Waals surface area contributed by atoms with Gasteiger partial charge >= 0.3 is 0 Å². The van der Waals surface area contributed by atoms with Crippen LogP contribution < -0.4 is 4.72 Å². The quantitative estimate of drug-likeness (QED) is 0.654. The molecule has 0 saturated heterocycles. The zero-order chi connectivity index (χ0) is 8.10. The fourth-order valence-corrected chi connectivity index (χ4v) is 0.871. The fraction of sp³-hybridized carbons (Fsp3) is 0.167. The average Bonchev–Trinajstić information content (AvgIpc) is 2.07. The Morgan fingerprint density at radius 3 is 2.73 bits per heavy atom. The summed E-state index contributed by atoms with van der Waals surface area (Å²) in [5.74, 6) is -0.168. The third kappa shape index (κ3) is 2.19. The Bertz CT molecular complexity index is 239. The molecule has 1 heterocycles. The molecule has 0 aliphatic heterocycles. The molecule has 0 unspecified atom stereocenters. The second-order valence-corrected chi connectivity index (χ2v) is 2.37. The number of nitrogens with zero attached hydrogens (tertiary/aromatic N) is 2. The third-order valence-corrected chi connectivity index (χ3v) is 1.41. The highest BCUT2D eigenvalue weighted by molar-refractivity contribution is 7.97. The van der Waals surface area contributed by atoms with E-state index >= 15 is 0 Å². The van der Waals surface area contributed by atoms with Gasteiger partial charge in [-0.25, -0.2) is 9.97 Å². The van der Waals surface area contributed by atoms with Gasteiger partial charge in [0.05, 0.1) is 5.56 Å². The van der Waals surface area contributed by atoms with Gasteiger partial charge < -0.3 is 0 Å². The predicted molar refractivity (Wildman–Crippen MR) is 43.0 cm³/mol. The summed E-state index contributed by atoms with van der Waals surface area (Å²) in [4.78, 5) is 18.4. The van der Waals surface area contributed by atoms with Crippen molar-refractivity contribution in [1.82, 2.24) is 14.7 Å². The normalized spacial score (nSPS) is 9.18. The van der Waals surface area contributed by atoms with Crippen LogP contribution in [0.25, 0.3) is 0 Å². The summed E-state index contributed by atoms with van der Waals surface area (Å²) in [7, 11) is 0. The van der Waals surface area contributed by atoms with Crippen molar-refractivity contribution >= 4 is 17.9 Å². The van der Waals surface area contributed by atoms with Crippen molar-refractivity contribution in [1.29, 1.82) is 0 Å². The van der Waals surface area contributed by atoms with Gasteiger partial charge in [-0.05, 0) is 0 Å². The second kappa shape index (κ2) is 3.92. The van der Waals surface area contributed by atoms with Crippen LogP contribution in [0.1, 0.15) is 10.4 Å². The summed E-state index contributed by atoms with van der Waals surface area (Å²) in [6.45, 7) is 0. The van der Waals surface area contributed by atoms with Gasteiger partial charge in [0.15, 0.2) is 0 Å².